The molecule has 3 aromatic rings. The van der Waals surface area contributed by atoms with Gasteiger partial charge in [-0.2, -0.15) is 0 Å². The summed E-state index contributed by atoms with van der Waals surface area (Å²) >= 11 is 0. The number of hydrogen-bond acceptors (Lipinski definition) is 7. The number of methoxy groups -OCH3 is 1. The number of nitro benzene ring substituents is 1. The van der Waals surface area contributed by atoms with E-state index in [2.05, 4.69) is 4.99 Å². The molecule has 0 saturated carbocycles. The Balaban J connectivity index is 1.69. The first-order chi connectivity index (χ1) is 16.4. The minimum Gasteiger partial charge on any atom is -0.493 e. The van der Waals surface area contributed by atoms with Gasteiger partial charge in [0.05, 0.1) is 12.0 Å². The quantitative estimate of drug-likeness (QED) is 0.213. The number of ether oxygens (including phenoxy) is 3. The summed E-state index contributed by atoms with van der Waals surface area (Å²) in [5.74, 6) is -0.476. The third kappa shape index (κ3) is 4.49. The van der Waals surface area contributed by atoms with E-state index in [1.807, 2.05) is 0 Å². The van der Waals surface area contributed by atoms with Crippen molar-refractivity contribution in [2.24, 2.45) is 4.99 Å². The Kier molecular flexibility index (Phi) is 6.35. The van der Waals surface area contributed by atoms with E-state index >= 15 is 0 Å². The van der Waals surface area contributed by atoms with E-state index in [0.29, 0.717) is 33.8 Å². The number of cyclic esters (lactones) is 1. The summed E-state index contributed by atoms with van der Waals surface area (Å²) in [7, 11) is 1.47. The van der Waals surface area contributed by atoms with Crippen LogP contribution in [0, 0.1) is 22.9 Å². The molecule has 0 aliphatic carbocycles. The lowest BCUT2D eigenvalue weighted by atomic mass is 10.1. The molecule has 0 bridgehead atoms. The van der Waals surface area contributed by atoms with Gasteiger partial charge in [0.1, 0.15) is 12.4 Å². The van der Waals surface area contributed by atoms with Crippen molar-refractivity contribution in [1.82, 2.24) is 0 Å². The molecule has 0 amide bonds. The topological polar surface area (TPSA) is 100 Å². The van der Waals surface area contributed by atoms with Crippen LogP contribution in [0.25, 0.3) is 6.08 Å². The first kappa shape index (κ1) is 22.7. The largest absolute Gasteiger partial charge is 0.493 e. The van der Waals surface area contributed by atoms with Gasteiger partial charge in [0.25, 0.3) is 5.69 Å². The highest BCUT2D eigenvalue weighted by molar-refractivity contribution is 6.13. The van der Waals surface area contributed by atoms with Gasteiger partial charge in [-0.05, 0) is 31.2 Å². The van der Waals surface area contributed by atoms with Crippen LogP contribution < -0.4 is 9.47 Å². The average Bonchev–Trinajstić information content (AvgIpc) is 3.18. The second-order valence-electron chi connectivity index (χ2n) is 7.30. The van der Waals surface area contributed by atoms with E-state index in [1.165, 1.54) is 31.4 Å². The molecule has 1 aliphatic rings. The highest BCUT2D eigenvalue weighted by Gasteiger charge is 2.28. The van der Waals surface area contributed by atoms with E-state index in [4.69, 9.17) is 14.2 Å². The summed E-state index contributed by atoms with van der Waals surface area (Å²) in [5, 5.41) is 11.2. The van der Waals surface area contributed by atoms with Crippen molar-refractivity contribution >= 4 is 23.6 Å². The van der Waals surface area contributed by atoms with Crippen LogP contribution in [0.3, 0.4) is 0 Å². The van der Waals surface area contributed by atoms with Crippen LogP contribution >= 0.6 is 0 Å². The van der Waals surface area contributed by atoms with Gasteiger partial charge in [-0.1, -0.05) is 36.4 Å². The molecule has 0 N–H and O–H groups in total. The molecule has 0 unspecified atom stereocenters. The van der Waals surface area contributed by atoms with Crippen molar-refractivity contribution in [2.45, 2.75) is 13.5 Å². The number of rotatable bonds is 7. The van der Waals surface area contributed by atoms with Crippen LogP contribution in [0.15, 0.2) is 71.4 Å². The molecule has 3 aromatic carbocycles. The van der Waals surface area contributed by atoms with E-state index in [-0.39, 0.29) is 23.9 Å². The fourth-order valence-electron chi connectivity index (χ4n) is 3.45. The lowest BCUT2D eigenvalue weighted by Crippen LogP contribution is -2.08. The van der Waals surface area contributed by atoms with E-state index in [9.17, 15) is 19.3 Å². The Morgan fingerprint density at radius 2 is 1.88 bits per heavy atom. The molecule has 0 spiro atoms. The number of para-hydroxylation sites is 1. The molecular formula is C25H19FN2O6. The van der Waals surface area contributed by atoms with Crippen LogP contribution in [-0.4, -0.2) is 23.9 Å². The van der Waals surface area contributed by atoms with Crippen molar-refractivity contribution in [1.29, 1.82) is 0 Å². The predicted octanol–water partition coefficient (Wildman–Crippen LogP) is 4.97. The summed E-state index contributed by atoms with van der Waals surface area (Å²) in [6, 6.07) is 15.7. The molecule has 4 rings (SSSR count). The Morgan fingerprint density at radius 1 is 1.12 bits per heavy atom. The van der Waals surface area contributed by atoms with E-state index < -0.39 is 16.7 Å². The standard InChI is InChI=1S/C25H19FN2O6/c1-15-18(9-6-11-21(15)28(30)31)24-27-20(25(29)34-24)13-16-8-5-12-22(32-2)23(16)33-14-17-7-3-4-10-19(17)26/h3-13H,14H2,1-2H3/b20-13-. The zero-order valence-electron chi connectivity index (χ0n) is 18.3. The van der Waals surface area contributed by atoms with Crippen molar-refractivity contribution in [3.8, 4) is 11.5 Å². The number of hydrogen-bond donors (Lipinski definition) is 0. The monoisotopic (exact) mass is 462 g/mol. The van der Waals surface area contributed by atoms with E-state index in [0.717, 1.165) is 0 Å². The Morgan fingerprint density at radius 3 is 2.62 bits per heavy atom. The van der Waals surface area contributed by atoms with Crippen LogP contribution in [0.2, 0.25) is 0 Å². The number of halogens is 1. The van der Waals surface area contributed by atoms with Gasteiger partial charge >= 0.3 is 5.97 Å². The predicted molar refractivity (Wildman–Crippen MR) is 122 cm³/mol. The molecule has 172 valence electrons. The summed E-state index contributed by atoms with van der Waals surface area (Å²) < 4.78 is 30.5. The molecule has 8 nitrogen and oxygen atoms in total. The van der Waals surface area contributed by atoms with Crippen LogP contribution in [0.1, 0.15) is 22.3 Å². The maximum atomic E-state index is 14.0. The van der Waals surface area contributed by atoms with Gasteiger partial charge < -0.3 is 14.2 Å². The molecule has 0 aromatic heterocycles. The zero-order valence-corrected chi connectivity index (χ0v) is 18.3. The number of nitro groups is 1. The highest BCUT2D eigenvalue weighted by atomic mass is 19.1. The molecule has 9 heteroatoms. The zero-order chi connectivity index (χ0) is 24.2. The second-order valence-corrected chi connectivity index (χ2v) is 7.30. The minimum atomic E-state index is -0.719. The van der Waals surface area contributed by atoms with Crippen molar-refractivity contribution in [3.63, 3.8) is 0 Å². The van der Waals surface area contributed by atoms with Crippen molar-refractivity contribution in [3.05, 3.63) is 105 Å². The lowest BCUT2D eigenvalue weighted by molar-refractivity contribution is -0.385. The smallest absolute Gasteiger partial charge is 0.363 e. The molecule has 0 fully saturated rings. The number of aliphatic imine (C=N–C) groups is 1. The fourth-order valence-corrected chi connectivity index (χ4v) is 3.45. The summed E-state index contributed by atoms with van der Waals surface area (Å²) in [6.07, 6.45) is 1.46. The molecule has 0 atom stereocenters. The molecule has 1 heterocycles. The Bertz CT molecular complexity index is 1350. The third-order valence-electron chi connectivity index (χ3n) is 5.20. The highest BCUT2D eigenvalue weighted by Crippen LogP contribution is 2.34. The Labute approximate surface area is 194 Å². The average molecular weight is 462 g/mol. The maximum Gasteiger partial charge on any atom is 0.363 e. The van der Waals surface area contributed by atoms with Gasteiger partial charge in [0.15, 0.2) is 17.2 Å². The normalized spacial score (nSPS) is 14.0. The van der Waals surface area contributed by atoms with Gasteiger partial charge in [0.2, 0.25) is 5.90 Å². The number of nitrogens with zero attached hydrogens (tertiary/aromatic N) is 2. The van der Waals surface area contributed by atoms with Gasteiger partial charge in [0, 0.05) is 28.3 Å². The third-order valence-corrected chi connectivity index (χ3v) is 5.20. The van der Waals surface area contributed by atoms with Gasteiger partial charge in [-0.25, -0.2) is 14.2 Å². The first-order valence-electron chi connectivity index (χ1n) is 10.2. The van der Waals surface area contributed by atoms with E-state index in [1.54, 1.807) is 49.4 Å². The van der Waals surface area contributed by atoms with Crippen molar-refractivity contribution < 1.29 is 28.3 Å². The fraction of sp³-hybridized carbons (Fsp3) is 0.120. The lowest BCUT2D eigenvalue weighted by Gasteiger charge is -2.14. The van der Waals surface area contributed by atoms with Crippen LogP contribution in [-0.2, 0) is 16.1 Å². The molecule has 0 saturated heterocycles. The molecule has 1 aliphatic heterocycles. The number of carbonyl (C=O) groups is 1. The van der Waals surface area contributed by atoms with Gasteiger partial charge in [-0.15, -0.1) is 0 Å². The summed E-state index contributed by atoms with van der Waals surface area (Å²) in [4.78, 5) is 27.5. The molecular weight excluding hydrogens is 443 g/mol. The first-order valence-corrected chi connectivity index (χ1v) is 10.2. The SMILES string of the molecule is COc1cccc(/C=C2\N=C(c3cccc([N+](=O)[O-])c3C)OC2=O)c1OCc1ccccc1F. The number of carbonyl (C=O) groups excluding carboxylic acids is 1. The van der Waals surface area contributed by atoms with Gasteiger partial charge in [-0.3, -0.25) is 10.1 Å². The minimum absolute atomic E-state index is 0.0232. The van der Waals surface area contributed by atoms with Crippen LogP contribution in [0.5, 0.6) is 11.5 Å². The van der Waals surface area contributed by atoms with Crippen molar-refractivity contribution in [2.75, 3.05) is 7.11 Å². The number of esters is 1. The number of benzene rings is 3. The molecule has 0 radical (unpaired) electrons. The Hall–Kier alpha value is -4.53. The second kappa shape index (κ2) is 9.53. The van der Waals surface area contributed by atoms with Crippen LogP contribution in [0.4, 0.5) is 10.1 Å². The maximum absolute atomic E-state index is 14.0. The summed E-state index contributed by atoms with van der Waals surface area (Å²) in [6.45, 7) is 1.50. The molecule has 34 heavy (non-hydrogen) atoms. The summed E-state index contributed by atoms with van der Waals surface area (Å²) in [5.41, 5.74) is 1.36.